The van der Waals surface area contributed by atoms with Crippen molar-refractivity contribution in [1.29, 1.82) is 0 Å². The molecule has 0 unspecified atom stereocenters. The molecule has 0 aliphatic carbocycles. The summed E-state index contributed by atoms with van der Waals surface area (Å²) in [4.78, 5) is 23.4. The molecule has 26 heavy (non-hydrogen) atoms. The highest BCUT2D eigenvalue weighted by molar-refractivity contribution is 6.42. The average Bonchev–Trinajstić information content (AvgIpc) is 3.17. The van der Waals surface area contributed by atoms with Crippen molar-refractivity contribution in [1.82, 2.24) is 19.6 Å². The maximum atomic E-state index is 12.3. The molecule has 0 aliphatic rings. The minimum Gasteiger partial charge on any atom is -0.476 e. The molecular weight excluding hydrogens is 381 g/mol. The van der Waals surface area contributed by atoms with Gasteiger partial charge in [-0.05, 0) is 17.7 Å². The molecular formula is C16H13Cl2N5O3. The van der Waals surface area contributed by atoms with E-state index in [0.29, 0.717) is 16.6 Å². The van der Waals surface area contributed by atoms with E-state index >= 15 is 0 Å². The monoisotopic (exact) mass is 393 g/mol. The van der Waals surface area contributed by atoms with Gasteiger partial charge in [-0.25, -0.2) is 4.79 Å². The Kier molecular flexibility index (Phi) is 4.97. The number of carboxylic acid groups (broad SMARTS) is 1. The Labute approximate surface area is 157 Å². The van der Waals surface area contributed by atoms with Crippen molar-refractivity contribution in [3.63, 3.8) is 0 Å². The first kappa shape index (κ1) is 18.0. The van der Waals surface area contributed by atoms with E-state index in [-0.39, 0.29) is 17.1 Å². The van der Waals surface area contributed by atoms with Gasteiger partial charge in [0.1, 0.15) is 0 Å². The molecule has 0 bridgehead atoms. The number of nitrogens with zero attached hydrogens (tertiary/aromatic N) is 4. The third-order valence-electron chi connectivity index (χ3n) is 3.49. The summed E-state index contributed by atoms with van der Waals surface area (Å²) in [5.41, 5.74) is 0.528. The third kappa shape index (κ3) is 3.87. The topological polar surface area (TPSA) is 102 Å². The number of nitrogens with one attached hydrogen (secondary N) is 1. The summed E-state index contributed by atoms with van der Waals surface area (Å²) in [5.74, 6) is -1.59. The quantitative estimate of drug-likeness (QED) is 0.693. The molecule has 0 atom stereocenters. The summed E-state index contributed by atoms with van der Waals surface area (Å²) in [6, 6.07) is 6.86. The standard InChI is InChI=1S/C16H13Cl2N5O3/c1-22-8-10(14(21-22)16(25)26)15(24)19-13-4-5-23(20-13)7-9-2-3-11(17)12(18)6-9/h2-6,8H,7H2,1H3,(H,25,26)(H,19,20,24). The van der Waals surface area contributed by atoms with Crippen molar-refractivity contribution >= 4 is 40.9 Å². The van der Waals surface area contributed by atoms with Gasteiger partial charge < -0.3 is 10.4 Å². The zero-order chi connectivity index (χ0) is 18.8. The van der Waals surface area contributed by atoms with Crippen molar-refractivity contribution < 1.29 is 14.7 Å². The molecule has 10 heteroatoms. The number of aromatic carboxylic acids is 1. The van der Waals surface area contributed by atoms with Gasteiger partial charge in [-0.2, -0.15) is 10.2 Å². The summed E-state index contributed by atoms with van der Waals surface area (Å²) >= 11 is 11.9. The SMILES string of the molecule is Cn1cc(C(=O)Nc2ccn(Cc3ccc(Cl)c(Cl)c3)n2)c(C(=O)O)n1. The molecule has 134 valence electrons. The Morgan fingerprint density at radius 2 is 1.96 bits per heavy atom. The van der Waals surface area contributed by atoms with Crippen LogP contribution in [0.2, 0.25) is 10.0 Å². The maximum Gasteiger partial charge on any atom is 0.357 e. The van der Waals surface area contributed by atoms with Crippen LogP contribution in [0.3, 0.4) is 0 Å². The molecule has 0 radical (unpaired) electrons. The number of hydrogen-bond donors (Lipinski definition) is 2. The zero-order valence-corrected chi connectivity index (χ0v) is 15.0. The Morgan fingerprint density at radius 3 is 2.65 bits per heavy atom. The lowest BCUT2D eigenvalue weighted by molar-refractivity contribution is 0.0685. The molecule has 3 rings (SSSR count). The van der Waals surface area contributed by atoms with Crippen LogP contribution < -0.4 is 5.32 Å². The van der Waals surface area contributed by atoms with E-state index < -0.39 is 11.9 Å². The van der Waals surface area contributed by atoms with Crippen molar-refractivity contribution in [2.24, 2.45) is 7.05 Å². The number of carbonyl (C=O) groups excluding carboxylic acids is 1. The first-order valence-corrected chi connectivity index (χ1v) is 8.15. The third-order valence-corrected chi connectivity index (χ3v) is 4.23. The van der Waals surface area contributed by atoms with Gasteiger partial charge in [0.15, 0.2) is 11.5 Å². The number of halogens is 2. The summed E-state index contributed by atoms with van der Waals surface area (Å²) in [6.07, 6.45) is 3.02. The van der Waals surface area contributed by atoms with Crippen molar-refractivity contribution in [3.8, 4) is 0 Å². The summed E-state index contributed by atoms with van der Waals surface area (Å²) < 4.78 is 2.87. The lowest BCUT2D eigenvalue weighted by atomic mass is 10.2. The van der Waals surface area contributed by atoms with E-state index in [1.54, 1.807) is 29.1 Å². The van der Waals surface area contributed by atoms with Gasteiger partial charge in [0.25, 0.3) is 5.91 Å². The van der Waals surface area contributed by atoms with Crippen LogP contribution in [0, 0.1) is 0 Å². The number of carboxylic acids is 1. The Hall–Kier alpha value is -2.84. The highest BCUT2D eigenvalue weighted by Crippen LogP contribution is 2.23. The van der Waals surface area contributed by atoms with Gasteiger partial charge in [-0.1, -0.05) is 29.3 Å². The van der Waals surface area contributed by atoms with Crippen LogP contribution in [-0.2, 0) is 13.6 Å². The Morgan fingerprint density at radius 1 is 1.19 bits per heavy atom. The summed E-state index contributed by atoms with van der Waals surface area (Å²) in [5, 5.41) is 20.6. The molecule has 0 fully saturated rings. The molecule has 0 aliphatic heterocycles. The second-order valence-electron chi connectivity index (χ2n) is 5.47. The van der Waals surface area contributed by atoms with Gasteiger partial charge in [-0.15, -0.1) is 0 Å². The predicted octanol–water partition coefficient (Wildman–Crippen LogP) is 2.92. The summed E-state index contributed by atoms with van der Waals surface area (Å²) in [7, 11) is 1.54. The molecule has 0 spiro atoms. The van der Waals surface area contributed by atoms with Gasteiger partial charge in [0.05, 0.1) is 22.2 Å². The smallest absolute Gasteiger partial charge is 0.357 e. The van der Waals surface area contributed by atoms with Crippen molar-refractivity contribution in [3.05, 3.63) is 63.5 Å². The first-order chi connectivity index (χ1) is 12.3. The van der Waals surface area contributed by atoms with E-state index in [1.165, 1.54) is 17.9 Å². The van der Waals surface area contributed by atoms with E-state index in [2.05, 4.69) is 15.5 Å². The lowest BCUT2D eigenvalue weighted by Gasteiger charge is -2.04. The van der Waals surface area contributed by atoms with Gasteiger partial charge in [0, 0.05) is 25.5 Å². The predicted molar refractivity (Wildman–Crippen MR) is 95.9 cm³/mol. The molecule has 8 nitrogen and oxygen atoms in total. The fourth-order valence-electron chi connectivity index (χ4n) is 2.34. The fraction of sp³-hybridized carbons (Fsp3) is 0.125. The van der Waals surface area contributed by atoms with Crippen molar-refractivity contribution in [2.45, 2.75) is 6.54 Å². The van der Waals surface area contributed by atoms with Crippen LogP contribution in [0.25, 0.3) is 0 Å². The number of benzene rings is 1. The Bertz CT molecular complexity index is 996. The average molecular weight is 394 g/mol. The van der Waals surface area contributed by atoms with Gasteiger partial charge in [-0.3, -0.25) is 14.2 Å². The van der Waals surface area contributed by atoms with Crippen LogP contribution in [0.1, 0.15) is 26.4 Å². The second kappa shape index (κ2) is 7.19. The number of anilines is 1. The summed E-state index contributed by atoms with van der Waals surface area (Å²) in [6.45, 7) is 0.431. The number of carbonyl (C=O) groups is 2. The number of amides is 1. The molecule has 3 aromatic rings. The maximum absolute atomic E-state index is 12.3. The van der Waals surface area contributed by atoms with Gasteiger partial charge >= 0.3 is 5.97 Å². The molecule has 1 amide bonds. The van der Waals surface area contributed by atoms with Gasteiger partial charge in [0.2, 0.25) is 0 Å². The Balaban J connectivity index is 1.73. The molecule has 2 heterocycles. The molecule has 2 N–H and O–H groups in total. The minimum absolute atomic E-state index is 0.0426. The lowest BCUT2D eigenvalue weighted by Crippen LogP contribution is -2.16. The van der Waals surface area contributed by atoms with Crippen molar-refractivity contribution in [2.75, 3.05) is 5.32 Å². The first-order valence-electron chi connectivity index (χ1n) is 7.39. The van der Waals surface area contributed by atoms with E-state index in [4.69, 9.17) is 28.3 Å². The van der Waals surface area contributed by atoms with Crippen LogP contribution in [0.4, 0.5) is 5.82 Å². The van der Waals surface area contributed by atoms with Crippen LogP contribution in [-0.4, -0.2) is 36.5 Å². The minimum atomic E-state index is -1.28. The fourth-order valence-corrected chi connectivity index (χ4v) is 2.66. The molecule has 1 aromatic carbocycles. The molecule has 0 saturated carbocycles. The number of hydrogen-bond acceptors (Lipinski definition) is 4. The number of rotatable bonds is 5. The second-order valence-corrected chi connectivity index (χ2v) is 6.29. The molecule has 0 saturated heterocycles. The normalized spacial score (nSPS) is 10.7. The van der Waals surface area contributed by atoms with Crippen LogP contribution >= 0.6 is 23.2 Å². The zero-order valence-electron chi connectivity index (χ0n) is 13.5. The van der Waals surface area contributed by atoms with Crippen LogP contribution in [0.15, 0.2) is 36.7 Å². The largest absolute Gasteiger partial charge is 0.476 e. The molecule has 2 aromatic heterocycles. The highest BCUT2D eigenvalue weighted by Gasteiger charge is 2.21. The van der Waals surface area contributed by atoms with Crippen LogP contribution in [0.5, 0.6) is 0 Å². The van der Waals surface area contributed by atoms with E-state index in [9.17, 15) is 9.59 Å². The van der Waals surface area contributed by atoms with E-state index in [1.807, 2.05) is 6.07 Å². The number of aryl methyl sites for hydroxylation is 1. The number of aromatic nitrogens is 4. The van der Waals surface area contributed by atoms with E-state index in [0.717, 1.165) is 5.56 Å². The highest BCUT2D eigenvalue weighted by atomic mass is 35.5.